The molecule has 1 saturated heterocycles. The second kappa shape index (κ2) is 9.40. The molecule has 0 saturated carbocycles. The van der Waals surface area contributed by atoms with Gasteiger partial charge >= 0.3 is 5.97 Å². The predicted molar refractivity (Wildman–Crippen MR) is 138 cm³/mol. The van der Waals surface area contributed by atoms with E-state index in [2.05, 4.69) is 26.2 Å². The van der Waals surface area contributed by atoms with Crippen molar-refractivity contribution in [3.8, 4) is 11.3 Å². The molecule has 6 nitrogen and oxygen atoms in total. The van der Waals surface area contributed by atoms with Gasteiger partial charge < -0.3 is 19.4 Å². The van der Waals surface area contributed by atoms with Gasteiger partial charge in [0.1, 0.15) is 17.6 Å². The summed E-state index contributed by atoms with van der Waals surface area (Å²) in [7, 11) is 1.37. The first-order valence-corrected chi connectivity index (χ1v) is 11.8. The molecule has 0 bridgehead atoms. The Morgan fingerprint density at radius 1 is 1.06 bits per heavy atom. The van der Waals surface area contributed by atoms with E-state index in [4.69, 9.17) is 21.4 Å². The van der Waals surface area contributed by atoms with E-state index in [0.29, 0.717) is 27.8 Å². The molecule has 2 aromatic heterocycles. The quantitative estimate of drug-likeness (QED) is 0.246. The van der Waals surface area contributed by atoms with Crippen LogP contribution in [-0.2, 0) is 4.74 Å². The lowest BCUT2D eigenvalue weighted by molar-refractivity contribution is 0.0601. The third-order valence-corrected chi connectivity index (χ3v) is 6.56. The SMILES string of the molecule is COC(=O)c1ccccc1-c1ccc(C2C(c3ccccn3)NC(=S)N2c2ccc(Br)cc2)o1. The first-order chi connectivity index (χ1) is 16.6. The number of esters is 1. The van der Waals surface area contributed by atoms with Crippen LogP contribution in [0.4, 0.5) is 5.69 Å². The number of hydrogen-bond donors (Lipinski definition) is 1. The molecule has 4 aromatic rings. The summed E-state index contributed by atoms with van der Waals surface area (Å²) in [6, 6.07) is 24.3. The van der Waals surface area contributed by atoms with Gasteiger partial charge in [-0.25, -0.2) is 4.79 Å². The third-order valence-electron chi connectivity index (χ3n) is 5.72. The van der Waals surface area contributed by atoms with Gasteiger partial charge in [-0.2, -0.15) is 0 Å². The zero-order valence-electron chi connectivity index (χ0n) is 18.1. The molecule has 3 heterocycles. The Kier molecular flexibility index (Phi) is 6.17. The lowest BCUT2D eigenvalue weighted by Crippen LogP contribution is -2.29. The number of rotatable bonds is 5. The first-order valence-electron chi connectivity index (χ1n) is 10.6. The maximum atomic E-state index is 12.3. The van der Waals surface area contributed by atoms with Crippen molar-refractivity contribution in [2.24, 2.45) is 0 Å². The van der Waals surface area contributed by atoms with Gasteiger partial charge in [-0.15, -0.1) is 0 Å². The molecule has 2 atom stereocenters. The molecule has 0 spiro atoms. The van der Waals surface area contributed by atoms with Gasteiger partial charge in [0.2, 0.25) is 0 Å². The molecule has 34 heavy (non-hydrogen) atoms. The standard InChI is InChI=1S/C26H20BrN3O3S/c1-32-25(31)19-7-3-2-6-18(19)21-13-14-22(33-21)24-23(20-8-4-5-15-28-20)29-26(34)30(24)17-11-9-16(27)10-12-17/h2-15,23-24H,1H3,(H,29,34). The van der Waals surface area contributed by atoms with E-state index >= 15 is 0 Å². The summed E-state index contributed by atoms with van der Waals surface area (Å²) in [5.41, 5.74) is 2.88. The molecule has 1 fully saturated rings. The number of pyridine rings is 1. The van der Waals surface area contributed by atoms with Crippen LogP contribution in [0.5, 0.6) is 0 Å². The zero-order chi connectivity index (χ0) is 23.7. The van der Waals surface area contributed by atoms with Gasteiger partial charge in [0.15, 0.2) is 5.11 Å². The highest BCUT2D eigenvalue weighted by molar-refractivity contribution is 9.10. The van der Waals surface area contributed by atoms with Crippen molar-refractivity contribution in [1.82, 2.24) is 10.3 Å². The molecule has 1 aliphatic heterocycles. The first kappa shape index (κ1) is 22.3. The average molecular weight is 534 g/mol. The number of carbonyl (C=O) groups is 1. The van der Waals surface area contributed by atoms with Gasteiger partial charge in [-0.05, 0) is 66.8 Å². The van der Waals surface area contributed by atoms with Crippen LogP contribution in [0.3, 0.4) is 0 Å². The number of halogens is 1. The number of furan rings is 1. The second-order valence-corrected chi connectivity index (χ2v) is 9.01. The summed E-state index contributed by atoms with van der Waals surface area (Å²) in [6.07, 6.45) is 1.76. The minimum atomic E-state index is -0.417. The molecule has 0 aliphatic carbocycles. The highest BCUT2D eigenvalue weighted by Gasteiger charge is 2.42. The number of benzene rings is 2. The Morgan fingerprint density at radius 2 is 1.82 bits per heavy atom. The fraction of sp³-hybridized carbons (Fsp3) is 0.115. The van der Waals surface area contributed by atoms with Gasteiger partial charge in [-0.3, -0.25) is 4.98 Å². The van der Waals surface area contributed by atoms with Crippen molar-refractivity contribution in [2.75, 3.05) is 12.0 Å². The number of nitrogens with zero attached hydrogens (tertiary/aromatic N) is 2. The molecule has 2 unspecified atom stereocenters. The number of thiocarbonyl (C=S) groups is 1. The van der Waals surface area contributed by atoms with Crippen LogP contribution in [0.1, 0.15) is 33.9 Å². The highest BCUT2D eigenvalue weighted by Crippen LogP contribution is 2.43. The van der Waals surface area contributed by atoms with E-state index < -0.39 is 5.97 Å². The van der Waals surface area contributed by atoms with Crippen LogP contribution in [0.15, 0.2) is 93.9 Å². The molecule has 8 heteroatoms. The third kappa shape index (κ3) is 4.10. The number of nitrogens with one attached hydrogen (secondary N) is 1. The second-order valence-electron chi connectivity index (χ2n) is 7.71. The topological polar surface area (TPSA) is 67.6 Å². The Bertz CT molecular complexity index is 1340. The number of carbonyl (C=O) groups excluding carboxylic acids is 1. The minimum Gasteiger partial charge on any atom is -0.465 e. The molecule has 2 aromatic carbocycles. The molecule has 0 amide bonds. The summed E-state index contributed by atoms with van der Waals surface area (Å²) in [5, 5.41) is 4.00. The summed E-state index contributed by atoms with van der Waals surface area (Å²) in [6.45, 7) is 0. The maximum absolute atomic E-state index is 12.3. The smallest absolute Gasteiger partial charge is 0.338 e. The van der Waals surface area contributed by atoms with Crippen LogP contribution < -0.4 is 10.2 Å². The van der Waals surface area contributed by atoms with E-state index in [1.165, 1.54) is 7.11 Å². The van der Waals surface area contributed by atoms with Crippen molar-refractivity contribution in [1.29, 1.82) is 0 Å². The van der Waals surface area contributed by atoms with Crippen molar-refractivity contribution < 1.29 is 13.9 Å². The van der Waals surface area contributed by atoms with E-state index in [9.17, 15) is 4.79 Å². The fourth-order valence-corrected chi connectivity index (χ4v) is 4.78. The maximum Gasteiger partial charge on any atom is 0.338 e. The van der Waals surface area contributed by atoms with Crippen LogP contribution in [-0.4, -0.2) is 23.2 Å². The summed E-state index contributed by atoms with van der Waals surface area (Å²) in [4.78, 5) is 18.9. The normalized spacial score (nSPS) is 17.5. The van der Waals surface area contributed by atoms with Crippen LogP contribution in [0.25, 0.3) is 11.3 Å². The Morgan fingerprint density at radius 3 is 2.56 bits per heavy atom. The van der Waals surface area contributed by atoms with E-state index in [0.717, 1.165) is 15.9 Å². The lowest BCUT2D eigenvalue weighted by atomic mass is 10.0. The average Bonchev–Trinajstić information content (AvgIpc) is 3.49. The monoisotopic (exact) mass is 533 g/mol. The molecule has 1 N–H and O–H groups in total. The number of anilines is 1. The van der Waals surface area contributed by atoms with Crippen LogP contribution in [0, 0.1) is 0 Å². The number of aromatic nitrogens is 1. The van der Waals surface area contributed by atoms with Gasteiger partial charge in [0.25, 0.3) is 0 Å². The highest BCUT2D eigenvalue weighted by atomic mass is 79.9. The molecular weight excluding hydrogens is 514 g/mol. The number of methoxy groups -OCH3 is 1. The van der Waals surface area contributed by atoms with Crippen LogP contribution in [0.2, 0.25) is 0 Å². The van der Waals surface area contributed by atoms with Crippen LogP contribution >= 0.6 is 28.1 Å². The van der Waals surface area contributed by atoms with Crippen molar-refractivity contribution in [2.45, 2.75) is 12.1 Å². The summed E-state index contributed by atoms with van der Waals surface area (Å²) >= 11 is 9.25. The number of ether oxygens (including phenoxy) is 1. The van der Waals surface area contributed by atoms with E-state index in [1.807, 2.05) is 71.6 Å². The Labute approximate surface area is 210 Å². The predicted octanol–water partition coefficient (Wildman–Crippen LogP) is 6.07. The largest absolute Gasteiger partial charge is 0.465 e. The number of hydrogen-bond acceptors (Lipinski definition) is 5. The molecule has 5 rings (SSSR count). The van der Waals surface area contributed by atoms with Crippen molar-refractivity contribution in [3.63, 3.8) is 0 Å². The van der Waals surface area contributed by atoms with Gasteiger partial charge in [0.05, 0.1) is 24.4 Å². The molecule has 1 aliphatic rings. The summed E-state index contributed by atoms with van der Waals surface area (Å²) < 4.78 is 12.3. The van der Waals surface area contributed by atoms with Gasteiger partial charge in [-0.1, -0.05) is 40.2 Å². The minimum absolute atomic E-state index is 0.229. The summed E-state index contributed by atoms with van der Waals surface area (Å²) in [5.74, 6) is 0.852. The van der Waals surface area contributed by atoms with Crippen molar-refractivity contribution >= 4 is 44.9 Å². The lowest BCUT2D eigenvalue weighted by Gasteiger charge is -2.26. The van der Waals surface area contributed by atoms with Crippen molar-refractivity contribution in [3.05, 3.63) is 107 Å². The fourth-order valence-electron chi connectivity index (χ4n) is 4.17. The van der Waals surface area contributed by atoms with E-state index in [-0.39, 0.29) is 12.1 Å². The molecule has 0 radical (unpaired) electrons. The Balaban J connectivity index is 1.60. The molecular formula is C26H20BrN3O3S. The molecule has 170 valence electrons. The van der Waals surface area contributed by atoms with Gasteiger partial charge in [0, 0.05) is 21.9 Å². The van der Waals surface area contributed by atoms with E-state index in [1.54, 1.807) is 18.3 Å². The zero-order valence-corrected chi connectivity index (χ0v) is 20.5. The Hall–Kier alpha value is -3.49.